The molecular weight excluding hydrogens is 207 g/mol. The Morgan fingerprint density at radius 3 is 2.43 bits per heavy atom. The van der Waals surface area contributed by atoms with E-state index in [2.05, 4.69) is 0 Å². The van der Waals surface area contributed by atoms with Gasteiger partial charge in [-0.2, -0.15) is 0 Å². The van der Waals surface area contributed by atoms with Crippen LogP contribution < -0.4 is 0 Å². The third-order valence-corrected chi connectivity index (χ3v) is 2.61. The molecule has 1 aliphatic heterocycles. The lowest BCUT2D eigenvalue weighted by Crippen LogP contribution is -2.50. The first kappa shape index (κ1) is 11.7. The molecule has 1 heterocycles. The van der Waals surface area contributed by atoms with Crippen molar-refractivity contribution in [1.82, 2.24) is 9.80 Å². The number of piperazine rings is 1. The summed E-state index contributed by atoms with van der Waals surface area (Å²) in [7, 11) is 0. The zero-order valence-corrected chi connectivity index (χ0v) is 9.13. The smallest absolute Gasteiger partial charge is 0.240 e. The van der Waals surface area contributed by atoms with Gasteiger partial charge in [0, 0.05) is 32.7 Å². The average Bonchev–Trinajstić information content (AvgIpc) is 2.18. The molecule has 1 atom stereocenters. The van der Waals surface area contributed by atoms with Crippen LogP contribution in [0.1, 0.15) is 6.92 Å². The topological polar surface area (TPSA) is 23.6 Å². The lowest BCUT2D eigenvalue weighted by molar-refractivity contribution is -0.132. The molecule has 1 amide bonds. The highest BCUT2D eigenvalue weighted by atomic mass is 35.5. The molecular formula is C9H16ClFN2O. The lowest BCUT2D eigenvalue weighted by Gasteiger charge is -2.34. The van der Waals surface area contributed by atoms with Gasteiger partial charge in [-0.25, -0.2) is 4.39 Å². The summed E-state index contributed by atoms with van der Waals surface area (Å²) < 4.78 is 12.0. The minimum atomic E-state index is -0.456. The van der Waals surface area contributed by atoms with E-state index in [9.17, 15) is 9.18 Å². The van der Waals surface area contributed by atoms with E-state index >= 15 is 0 Å². The molecule has 1 fully saturated rings. The van der Waals surface area contributed by atoms with Crippen molar-refractivity contribution in [2.24, 2.45) is 0 Å². The Bertz CT molecular complexity index is 193. The number of amides is 1. The van der Waals surface area contributed by atoms with Crippen LogP contribution in [0.2, 0.25) is 0 Å². The molecule has 0 saturated carbocycles. The predicted molar refractivity (Wildman–Crippen MR) is 54.3 cm³/mol. The van der Waals surface area contributed by atoms with Crippen molar-refractivity contribution in [2.45, 2.75) is 12.3 Å². The van der Waals surface area contributed by atoms with Crippen molar-refractivity contribution in [3.8, 4) is 0 Å². The van der Waals surface area contributed by atoms with E-state index in [1.54, 1.807) is 11.8 Å². The van der Waals surface area contributed by atoms with Crippen LogP contribution >= 0.6 is 11.6 Å². The fraction of sp³-hybridized carbons (Fsp3) is 0.889. The molecule has 0 aliphatic carbocycles. The largest absolute Gasteiger partial charge is 0.339 e. The van der Waals surface area contributed by atoms with Crippen molar-refractivity contribution in [2.75, 3.05) is 39.4 Å². The van der Waals surface area contributed by atoms with E-state index in [-0.39, 0.29) is 12.6 Å². The van der Waals surface area contributed by atoms with Crippen molar-refractivity contribution < 1.29 is 9.18 Å². The Kier molecular flexibility index (Phi) is 4.62. The summed E-state index contributed by atoms with van der Waals surface area (Å²) >= 11 is 5.69. The van der Waals surface area contributed by atoms with Gasteiger partial charge in [-0.15, -0.1) is 11.6 Å². The number of rotatable bonds is 3. The lowest BCUT2D eigenvalue weighted by atomic mass is 10.3. The molecule has 0 aromatic carbocycles. The van der Waals surface area contributed by atoms with Crippen LogP contribution in [-0.2, 0) is 4.79 Å². The fourth-order valence-corrected chi connectivity index (χ4v) is 1.70. The molecule has 0 bridgehead atoms. The van der Waals surface area contributed by atoms with Gasteiger partial charge >= 0.3 is 0 Å². The molecule has 0 aromatic rings. The molecule has 5 heteroatoms. The average molecular weight is 223 g/mol. The molecule has 0 N–H and O–H groups in total. The standard InChI is InChI=1S/C9H16ClFN2O/c1-8(10)9(14)13-6-4-12(3-2-11)5-7-13/h8H,2-7H2,1H3/t8-/m1/s1. The normalized spacial score (nSPS) is 20.9. The molecule has 0 spiro atoms. The molecule has 1 rings (SSSR count). The second kappa shape index (κ2) is 5.51. The summed E-state index contributed by atoms with van der Waals surface area (Å²) in [5, 5.41) is -0.456. The third-order valence-electron chi connectivity index (χ3n) is 2.42. The first-order valence-corrected chi connectivity index (χ1v) is 5.30. The fourth-order valence-electron chi connectivity index (χ4n) is 1.56. The Labute approximate surface area is 88.8 Å². The van der Waals surface area contributed by atoms with E-state index in [0.29, 0.717) is 19.6 Å². The maximum atomic E-state index is 12.0. The van der Waals surface area contributed by atoms with Gasteiger partial charge in [0.1, 0.15) is 12.1 Å². The molecule has 3 nitrogen and oxygen atoms in total. The van der Waals surface area contributed by atoms with Crippen LogP contribution in [0.3, 0.4) is 0 Å². The number of halogens is 2. The second-order valence-electron chi connectivity index (χ2n) is 3.47. The second-order valence-corrected chi connectivity index (χ2v) is 4.13. The highest BCUT2D eigenvalue weighted by molar-refractivity contribution is 6.30. The van der Waals surface area contributed by atoms with Crippen molar-refractivity contribution in [3.63, 3.8) is 0 Å². The molecule has 1 saturated heterocycles. The summed E-state index contributed by atoms with van der Waals surface area (Å²) in [6, 6.07) is 0. The molecule has 0 radical (unpaired) electrons. The van der Waals surface area contributed by atoms with Crippen molar-refractivity contribution in [3.05, 3.63) is 0 Å². The first-order chi connectivity index (χ1) is 6.65. The van der Waals surface area contributed by atoms with Crippen LogP contribution in [-0.4, -0.2) is 60.5 Å². The number of hydrogen-bond donors (Lipinski definition) is 0. The molecule has 14 heavy (non-hydrogen) atoms. The number of carbonyl (C=O) groups excluding carboxylic acids is 1. The minimum Gasteiger partial charge on any atom is -0.339 e. The first-order valence-electron chi connectivity index (χ1n) is 4.86. The van der Waals surface area contributed by atoms with Crippen LogP contribution in [0, 0.1) is 0 Å². The van der Waals surface area contributed by atoms with E-state index < -0.39 is 5.38 Å². The molecule has 0 aromatic heterocycles. The molecule has 0 unspecified atom stereocenters. The van der Waals surface area contributed by atoms with Gasteiger partial charge in [-0.1, -0.05) is 0 Å². The van der Waals surface area contributed by atoms with Gasteiger partial charge in [0.25, 0.3) is 0 Å². The zero-order valence-electron chi connectivity index (χ0n) is 8.38. The van der Waals surface area contributed by atoms with Gasteiger partial charge < -0.3 is 4.90 Å². The van der Waals surface area contributed by atoms with Gasteiger partial charge in [-0.05, 0) is 6.92 Å². The van der Waals surface area contributed by atoms with Crippen LogP contribution in [0.25, 0.3) is 0 Å². The Morgan fingerprint density at radius 1 is 1.43 bits per heavy atom. The van der Waals surface area contributed by atoms with E-state index in [1.807, 2.05) is 4.90 Å². The van der Waals surface area contributed by atoms with E-state index in [0.717, 1.165) is 13.1 Å². The number of carbonyl (C=O) groups is 1. The van der Waals surface area contributed by atoms with Crippen molar-refractivity contribution in [1.29, 1.82) is 0 Å². The summed E-state index contributed by atoms with van der Waals surface area (Å²) in [6.07, 6.45) is 0. The van der Waals surface area contributed by atoms with Gasteiger partial charge in [0.05, 0.1) is 0 Å². The summed E-state index contributed by atoms with van der Waals surface area (Å²) in [5.74, 6) is -0.0217. The SMILES string of the molecule is C[C@@H](Cl)C(=O)N1CCN(CCF)CC1. The van der Waals surface area contributed by atoms with Crippen LogP contribution in [0.5, 0.6) is 0 Å². The van der Waals surface area contributed by atoms with Crippen LogP contribution in [0.4, 0.5) is 4.39 Å². The highest BCUT2D eigenvalue weighted by Gasteiger charge is 2.23. The van der Waals surface area contributed by atoms with E-state index in [1.165, 1.54) is 0 Å². The maximum Gasteiger partial charge on any atom is 0.240 e. The predicted octanol–water partition coefficient (Wildman–Crippen LogP) is 0.727. The molecule has 1 aliphatic rings. The summed E-state index contributed by atoms with van der Waals surface area (Å²) in [6.45, 7) is 4.65. The number of hydrogen-bond acceptors (Lipinski definition) is 2. The number of alkyl halides is 2. The summed E-state index contributed by atoms with van der Waals surface area (Å²) in [5.41, 5.74) is 0. The third kappa shape index (κ3) is 3.10. The molecule has 82 valence electrons. The Hall–Kier alpha value is -0.350. The van der Waals surface area contributed by atoms with Crippen molar-refractivity contribution >= 4 is 17.5 Å². The monoisotopic (exact) mass is 222 g/mol. The minimum absolute atomic E-state index is 0.0217. The van der Waals surface area contributed by atoms with Gasteiger partial charge in [0.15, 0.2) is 0 Å². The van der Waals surface area contributed by atoms with Gasteiger partial charge in [-0.3, -0.25) is 9.69 Å². The zero-order chi connectivity index (χ0) is 10.6. The number of nitrogens with zero attached hydrogens (tertiary/aromatic N) is 2. The highest BCUT2D eigenvalue weighted by Crippen LogP contribution is 2.06. The quantitative estimate of drug-likeness (QED) is 0.658. The van der Waals surface area contributed by atoms with Crippen LogP contribution in [0.15, 0.2) is 0 Å². The Morgan fingerprint density at radius 2 is 2.00 bits per heavy atom. The van der Waals surface area contributed by atoms with Gasteiger partial charge in [0.2, 0.25) is 5.91 Å². The Balaban J connectivity index is 2.32. The summed E-state index contributed by atoms with van der Waals surface area (Å²) in [4.78, 5) is 15.2. The van der Waals surface area contributed by atoms with E-state index in [4.69, 9.17) is 11.6 Å². The maximum absolute atomic E-state index is 12.0.